The monoisotopic (exact) mass is 351 g/mol. The molecule has 0 atom stereocenters. The summed E-state index contributed by atoms with van der Waals surface area (Å²) in [6.45, 7) is 0. The molecular weight excluding hydrogens is 346 g/mol. The predicted molar refractivity (Wildman–Crippen MR) is 79.4 cm³/mol. The van der Waals surface area contributed by atoms with Gasteiger partial charge in [-0.3, -0.25) is 9.78 Å². The molecule has 0 fully saturated rings. The number of nitrogens with zero attached hydrogens (tertiary/aromatic N) is 2. The molecule has 0 aliphatic carbocycles. The van der Waals surface area contributed by atoms with Gasteiger partial charge >= 0.3 is 0 Å². The number of nitrogens with one attached hydrogen (secondary N) is 1. The number of hydrogen-bond donors (Lipinski definition) is 1. The van der Waals surface area contributed by atoms with Crippen LogP contribution in [0.3, 0.4) is 0 Å². The van der Waals surface area contributed by atoms with Crippen LogP contribution in [0.4, 0.5) is 0 Å². The van der Waals surface area contributed by atoms with Gasteiger partial charge in [-0.25, -0.2) is 4.98 Å². The molecule has 0 bridgehead atoms. The van der Waals surface area contributed by atoms with Gasteiger partial charge in [0.15, 0.2) is 5.75 Å². The summed E-state index contributed by atoms with van der Waals surface area (Å²) >= 11 is 9.25. The Morgan fingerprint density at radius 1 is 1.25 bits per heavy atom. The van der Waals surface area contributed by atoms with Crippen LogP contribution in [0.1, 0.15) is 0 Å². The minimum absolute atomic E-state index is 0.169. The minimum Gasteiger partial charge on any atom is -0.435 e. The highest BCUT2D eigenvalue weighted by Crippen LogP contribution is 2.33. The van der Waals surface area contributed by atoms with Crippen molar-refractivity contribution in [2.45, 2.75) is 0 Å². The lowest BCUT2D eigenvalue weighted by atomic mass is 10.2. The topological polar surface area (TPSA) is 67.9 Å². The molecule has 1 aromatic carbocycles. The summed E-state index contributed by atoms with van der Waals surface area (Å²) < 4.78 is 5.88. The molecule has 3 aromatic rings. The lowest BCUT2D eigenvalue weighted by Crippen LogP contribution is -2.08. The first-order valence-electron chi connectivity index (χ1n) is 5.61. The number of H-pyrrole nitrogens is 1. The second-order valence-corrected chi connectivity index (χ2v) is 5.10. The summed E-state index contributed by atoms with van der Waals surface area (Å²) in [6, 6.07) is 7.03. The third-order valence-corrected chi connectivity index (χ3v) is 3.68. The number of benzene rings is 1. The lowest BCUT2D eigenvalue weighted by Gasteiger charge is -2.08. The van der Waals surface area contributed by atoms with Crippen molar-refractivity contribution in [3.8, 4) is 11.6 Å². The van der Waals surface area contributed by atoms with Gasteiger partial charge in [0.05, 0.1) is 11.3 Å². The summed E-state index contributed by atoms with van der Waals surface area (Å²) in [5.74, 6) is 0.645. The lowest BCUT2D eigenvalue weighted by molar-refractivity contribution is 0.461. The molecule has 0 amide bonds. The average molecular weight is 353 g/mol. The van der Waals surface area contributed by atoms with Crippen molar-refractivity contribution in [2.24, 2.45) is 0 Å². The van der Waals surface area contributed by atoms with Gasteiger partial charge in [0, 0.05) is 11.6 Å². The van der Waals surface area contributed by atoms with E-state index in [1.165, 1.54) is 6.33 Å². The Morgan fingerprint density at radius 3 is 2.95 bits per heavy atom. The number of aromatic nitrogens is 3. The minimum atomic E-state index is -0.318. The molecule has 0 aliphatic rings. The Morgan fingerprint density at radius 2 is 2.10 bits per heavy atom. The molecule has 20 heavy (non-hydrogen) atoms. The van der Waals surface area contributed by atoms with Crippen LogP contribution in [0.25, 0.3) is 10.9 Å². The fourth-order valence-corrected chi connectivity index (χ4v) is 2.25. The van der Waals surface area contributed by atoms with E-state index in [0.29, 0.717) is 16.3 Å². The van der Waals surface area contributed by atoms with Crippen molar-refractivity contribution in [1.82, 2.24) is 15.0 Å². The van der Waals surface area contributed by atoms with Crippen molar-refractivity contribution in [1.29, 1.82) is 0 Å². The third-order valence-electron chi connectivity index (χ3n) is 2.65. The van der Waals surface area contributed by atoms with E-state index in [1.54, 1.807) is 24.4 Å². The highest BCUT2D eigenvalue weighted by Gasteiger charge is 2.12. The normalized spacial score (nSPS) is 10.7. The zero-order valence-corrected chi connectivity index (χ0v) is 12.3. The average Bonchev–Trinajstić information content (AvgIpc) is 2.47. The molecule has 2 aromatic heterocycles. The second kappa shape index (κ2) is 5.22. The van der Waals surface area contributed by atoms with E-state index in [0.717, 1.165) is 5.39 Å². The molecule has 1 N–H and O–H groups in total. The van der Waals surface area contributed by atoms with E-state index in [1.807, 2.05) is 6.07 Å². The molecule has 5 nitrogen and oxygen atoms in total. The first kappa shape index (κ1) is 13.1. The molecule has 0 spiro atoms. The summed E-state index contributed by atoms with van der Waals surface area (Å²) in [7, 11) is 0. The largest absolute Gasteiger partial charge is 0.435 e. The first-order valence-corrected chi connectivity index (χ1v) is 6.78. The SMILES string of the molecule is O=c1[nH]cnc(Oc2ccc(Cl)c3cccnc23)c1Br. The standard InChI is InChI=1S/C13H7BrClN3O2/c14-10-12(19)17-6-18-13(10)20-9-4-3-8(15)7-2-1-5-16-11(7)9/h1-6H,(H,17,18,19). The highest BCUT2D eigenvalue weighted by atomic mass is 79.9. The number of halogens is 2. The van der Waals surface area contributed by atoms with Crippen LogP contribution in [-0.2, 0) is 0 Å². The van der Waals surface area contributed by atoms with Gasteiger partial charge in [-0.15, -0.1) is 0 Å². The van der Waals surface area contributed by atoms with Crippen LogP contribution in [0.2, 0.25) is 5.02 Å². The van der Waals surface area contributed by atoms with Gasteiger partial charge in [-0.1, -0.05) is 11.6 Å². The zero-order chi connectivity index (χ0) is 14.1. The van der Waals surface area contributed by atoms with Crippen LogP contribution >= 0.6 is 27.5 Å². The Bertz CT molecular complexity index is 850. The van der Waals surface area contributed by atoms with E-state index in [2.05, 4.69) is 30.9 Å². The van der Waals surface area contributed by atoms with E-state index in [4.69, 9.17) is 16.3 Å². The first-order chi connectivity index (χ1) is 9.66. The molecular formula is C13H7BrClN3O2. The molecule has 2 heterocycles. The van der Waals surface area contributed by atoms with Gasteiger partial charge in [0.1, 0.15) is 9.99 Å². The zero-order valence-electron chi connectivity index (χ0n) is 9.93. The van der Waals surface area contributed by atoms with Crippen molar-refractivity contribution in [3.05, 3.63) is 56.6 Å². The number of rotatable bonds is 2. The van der Waals surface area contributed by atoms with E-state index >= 15 is 0 Å². The number of aromatic amines is 1. The molecule has 100 valence electrons. The Balaban J connectivity index is 2.14. The fourth-order valence-electron chi connectivity index (χ4n) is 1.74. The number of hydrogen-bond acceptors (Lipinski definition) is 4. The van der Waals surface area contributed by atoms with E-state index in [-0.39, 0.29) is 15.9 Å². The smallest absolute Gasteiger partial charge is 0.268 e. The summed E-state index contributed by atoms with van der Waals surface area (Å²) in [5, 5.41) is 1.35. The molecule has 0 aliphatic heterocycles. The second-order valence-electron chi connectivity index (χ2n) is 3.90. The van der Waals surface area contributed by atoms with Crippen molar-refractivity contribution >= 4 is 38.4 Å². The Labute approximate surface area is 126 Å². The van der Waals surface area contributed by atoms with Crippen LogP contribution in [0, 0.1) is 0 Å². The molecule has 3 rings (SSSR count). The van der Waals surface area contributed by atoms with Crippen LogP contribution in [-0.4, -0.2) is 15.0 Å². The number of pyridine rings is 1. The molecule has 0 saturated heterocycles. The summed E-state index contributed by atoms with van der Waals surface area (Å²) in [6.07, 6.45) is 2.92. The quantitative estimate of drug-likeness (QED) is 0.766. The van der Waals surface area contributed by atoms with Crippen molar-refractivity contribution in [2.75, 3.05) is 0 Å². The van der Waals surface area contributed by atoms with E-state index in [9.17, 15) is 4.79 Å². The highest BCUT2D eigenvalue weighted by molar-refractivity contribution is 9.10. The maximum absolute atomic E-state index is 11.5. The van der Waals surface area contributed by atoms with Crippen molar-refractivity contribution in [3.63, 3.8) is 0 Å². The Hall–Kier alpha value is -1.92. The maximum Gasteiger partial charge on any atom is 0.268 e. The van der Waals surface area contributed by atoms with Crippen molar-refractivity contribution < 1.29 is 4.74 Å². The Kier molecular flexibility index (Phi) is 3.42. The number of fused-ring (bicyclic) bond motifs is 1. The summed E-state index contributed by atoms with van der Waals surface area (Å²) in [4.78, 5) is 22.2. The third kappa shape index (κ3) is 2.28. The molecule has 0 unspecified atom stereocenters. The predicted octanol–water partition coefficient (Wildman–Crippen LogP) is 3.53. The maximum atomic E-state index is 11.5. The molecule has 7 heteroatoms. The van der Waals surface area contributed by atoms with Crippen LogP contribution in [0.15, 0.2) is 46.1 Å². The number of ether oxygens (including phenoxy) is 1. The van der Waals surface area contributed by atoms with Gasteiger partial charge in [0.25, 0.3) is 5.56 Å². The molecule has 0 saturated carbocycles. The van der Waals surface area contributed by atoms with Crippen LogP contribution < -0.4 is 10.3 Å². The summed E-state index contributed by atoms with van der Waals surface area (Å²) in [5.41, 5.74) is 0.287. The molecule has 0 radical (unpaired) electrons. The van der Waals surface area contributed by atoms with E-state index < -0.39 is 0 Å². The van der Waals surface area contributed by atoms with Gasteiger partial charge in [-0.05, 0) is 40.2 Å². The van der Waals surface area contributed by atoms with Gasteiger partial charge < -0.3 is 9.72 Å². The van der Waals surface area contributed by atoms with Crippen LogP contribution in [0.5, 0.6) is 11.6 Å². The fraction of sp³-hybridized carbons (Fsp3) is 0. The van der Waals surface area contributed by atoms with Gasteiger partial charge in [-0.2, -0.15) is 0 Å². The van der Waals surface area contributed by atoms with Gasteiger partial charge in [0.2, 0.25) is 5.88 Å².